The van der Waals surface area contributed by atoms with Crippen molar-refractivity contribution in [3.63, 3.8) is 0 Å². The van der Waals surface area contributed by atoms with Gasteiger partial charge >= 0.3 is 0 Å². The van der Waals surface area contributed by atoms with E-state index in [2.05, 4.69) is 45.2 Å². The lowest BCUT2D eigenvalue weighted by Crippen LogP contribution is -2.49. The predicted octanol–water partition coefficient (Wildman–Crippen LogP) is 4.46. The van der Waals surface area contributed by atoms with Crippen molar-refractivity contribution in [2.75, 3.05) is 6.54 Å². The van der Waals surface area contributed by atoms with Crippen LogP contribution in [0.5, 0.6) is 0 Å². The molecule has 142 valence electrons. The van der Waals surface area contributed by atoms with E-state index in [0.29, 0.717) is 0 Å². The van der Waals surface area contributed by atoms with Crippen LogP contribution in [0.25, 0.3) is 0 Å². The Morgan fingerprint density at radius 2 is 1.80 bits per heavy atom. The number of hydrogen-bond acceptors (Lipinski definition) is 3. The molecule has 7 heteroatoms. The van der Waals surface area contributed by atoms with Gasteiger partial charge in [0.2, 0.25) is 10.0 Å². The Balaban J connectivity index is 2.93. The Kier molecular flexibility index (Phi) is 7.48. The fourth-order valence-electron chi connectivity index (χ4n) is 1.92. The van der Waals surface area contributed by atoms with Crippen molar-refractivity contribution < 1.29 is 12.8 Å². The fourth-order valence-corrected chi connectivity index (χ4v) is 4.53. The van der Waals surface area contributed by atoms with Crippen LogP contribution < -0.4 is 4.72 Å². The summed E-state index contributed by atoms with van der Waals surface area (Å²) >= 11 is 6.33. The lowest BCUT2D eigenvalue weighted by atomic mass is 10.2. The van der Waals surface area contributed by atoms with Gasteiger partial charge in [-0.25, -0.2) is 13.1 Å². The monoisotopic (exact) mass is 403 g/mol. The smallest absolute Gasteiger partial charge is 0.240 e. The normalized spacial score (nSPS) is 15.6. The molecule has 0 saturated heterocycles. The summed E-state index contributed by atoms with van der Waals surface area (Å²) in [6, 6.07) is 6.72. The Morgan fingerprint density at radius 1 is 1.28 bits per heavy atom. The highest BCUT2D eigenvalue weighted by Gasteiger charge is 2.40. The topological polar surface area (TPSA) is 55.4 Å². The number of aryl methyl sites for hydroxylation is 1. The summed E-state index contributed by atoms with van der Waals surface area (Å²) in [7, 11) is -5.71. The summed E-state index contributed by atoms with van der Waals surface area (Å²) in [5.41, 5.74) is 1.01. The van der Waals surface area contributed by atoms with E-state index < -0.39 is 29.8 Å². The van der Waals surface area contributed by atoms with Gasteiger partial charge < -0.3 is 4.43 Å². The molecule has 2 atom stereocenters. The van der Waals surface area contributed by atoms with Gasteiger partial charge in [0.05, 0.1) is 16.4 Å². The number of sulfonamides is 1. The van der Waals surface area contributed by atoms with Gasteiger partial charge in [-0.15, -0.1) is 18.2 Å². The highest BCUT2D eigenvalue weighted by Crippen LogP contribution is 2.38. The highest BCUT2D eigenvalue weighted by atomic mass is 35.5. The maximum absolute atomic E-state index is 12.5. The zero-order chi connectivity index (χ0) is 19.5. The molecule has 0 unspecified atom stereocenters. The van der Waals surface area contributed by atoms with Crippen LogP contribution in [0.4, 0.5) is 0 Å². The van der Waals surface area contributed by atoms with Gasteiger partial charge in [-0.05, 0) is 37.2 Å². The molecule has 0 spiro atoms. The van der Waals surface area contributed by atoms with Gasteiger partial charge in [-0.3, -0.25) is 0 Å². The van der Waals surface area contributed by atoms with Crippen LogP contribution in [0.3, 0.4) is 0 Å². The van der Waals surface area contributed by atoms with E-state index in [1.807, 2.05) is 6.92 Å². The van der Waals surface area contributed by atoms with Crippen LogP contribution in [0, 0.1) is 6.92 Å². The maximum atomic E-state index is 12.5. The molecule has 0 saturated carbocycles. The van der Waals surface area contributed by atoms with Crippen LogP contribution in [-0.2, 0) is 14.4 Å². The number of nitrogens with one attached hydrogen (secondary N) is 1. The molecule has 0 radical (unpaired) electrons. The van der Waals surface area contributed by atoms with E-state index in [9.17, 15) is 8.42 Å². The second-order valence-corrected chi connectivity index (χ2v) is 14.8. The lowest BCUT2D eigenvalue weighted by molar-refractivity contribution is 0.189. The van der Waals surface area contributed by atoms with Crippen molar-refractivity contribution in [1.29, 1.82) is 0 Å². The van der Waals surface area contributed by atoms with Crippen LogP contribution >= 0.6 is 11.6 Å². The number of benzene rings is 1. The third-order valence-corrected chi connectivity index (χ3v) is 11.0. The molecule has 0 heterocycles. The summed E-state index contributed by atoms with van der Waals surface area (Å²) in [5, 5.41) is -0.478. The van der Waals surface area contributed by atoms with Gasteiger partial charge in [-0.1, -0.05) is 44.5 Å². The summed E-state index contributed by atoms with van der Waals surface area (Å²) in [5.74, 6) is 0. The molecular formula is C18H30ClNO3SSi. The second kappa shape index (κ2) is 8.35. The average Bonchev–Trinajstić information content (AvgIpc) is 2.50. The summed E-state index contributed by atoms with van der Waals surface area (Å²) in [6.45, 7) is 16.3. The molecule has 0 aliphatic rings. The molecule has 0 bridgehead atoms. The first-order valence-corrected chi connectivity index (χ1v) is 13.1. The zero-order valence-corrected chi connectivity index (χ0v) is 18.5. The van der Waals surface area contributed by atoms with Crippen molar-refractivity contribution >= 4 is 29.9 Å². The molecule has 0 aliphatic heterocycles. The number of alkyl halides is 1. The van der Waals surface area contributed by atoms with Crippen LogP contribution in [0.2, 0.25) is 18.1 Å². The number of halogens is 1. The van der Waals surface area contributed by atoms with Gasteiger partial charge in [-0.2, -0.15) is 0 Å². The standard InChI is InChI=1S/C18H30ClNO3SSi/c1-8-16(19)17(23-25(6,7)18(3,4)5)13-20-24(21,22)15-11-9-14(2)10-12-15/h8-12,16-17,20H,1,13H2,2-7H3/t16-,17-/m0/s1. The SMILES string of the molecule is C=C[C@H](Cl)[C@H](CNS(=O)(=O)c1ccc(C)cc1)O[Si](C)(C)C(C)(C)C. The van der Waals surface area contributed by atoms with Gasteiger partial charge in [0.25, 0.3) is 0 Å². The van der Waals surface area contributed by atoms with E-state index in [1.54, 1.807) is 30.3 Å². The first kappa shape index (κ1) is 22.4. The minimum Gasteiger partial charge on any atom is -0.411 e. The third kappa shape index (κ3) is 6.22. The van der Waals surface area contributed by atoms with Crippen molar-refractivity contribution in [1.82, 2.24) is 4.72 Å². The van der Waals surface area contributed by atoms with Gasteiger partial charge in [0.1, 0.15) is 0 Å². The van der Waals surface area contributed by atoms with Crippen LogP contribution in [-0.4, -0.2) is 34.8 Å². The first-order valence-electron chi connectivity index (χ1n) is 8.31. The molecule has 4 nitrogen and oxygen atoms in total. The molecule has 0 aromatic heterocycles. The third-order valence-electron chi connectivity index (χ3n) is 4.64. The van der Waals surface area contributed by atoms with Crippen LogP contribution in [0.1, 0.15) is 26.3 Å². The number of rotatable bonds is 8. The van der Waals surface area contributed by atoms with Crippen molar-refractivity contribution in [2.45, 2.75) is 62.2 Å². The Bertz CT molecular complexity index is 681. The minimum atomic E-state index is -3.61. The molecule has 1 aromatic carbocycles. The van der Waals surface area contributed by atoms with Crippen molar-refractivity contribution in [3.05, 3.63) is 42.5 Å². The van der Waals surface area contributed by atoms with E-state index in [0.717, 1.165) is 5.56 Å². The van der Waals surface area contributed by atoms with Crippen molar-refractivity contribution in [3.8, 4) is 0 Å². The Morgan fingerprint density at radius 3 is 2.24 bits per heavy atom. The molecule has 0 fully saturated rings. The minimum absolute atomic E-state index is 0.00113. The molecule has 1 N–H and O–H groups in total. The molecule has 1 rings (SSSR count). The first-order chi connectivity index (χ1) is 11.3. The Labute approximate surface area is 158 Å². The zero-order valence-electron chi connectivity index (χ0n) is 16.0. The van der Waals surface area contributed by atoms with Crippen LogP contribution in [0.15, 0.2) is 41.8 Å². The molecule has 25 heavy (non-hydrogen) atoms. The van der Waals surface area contributed by atoms with Gasteiger partial charge in [0, 0.05) is 6.54 Å². The summed E-state index contributed by atoms with van der Waals surface area (Å²) in [6.07, 6.45) is 1.11. The summed E-state index contributed by atoms with van der Waals surface area (Å²) in [4.78, 5) is 0.230. The average molecular weight is 404 g/mol. The van der Waals surface area contributed by atoms with Gasteiger partial charge in [0.15, 0.2) is 8.32 Å². The fraction of sp³-hybridized carbons (Fsp3) is 0.556. The molecule has 0 aliphatic carbocycles. The van der Waals surface area contributed by atoms with E-state index in [4.69, 9.17) is 16.0 Å². The predicted molar refractivity (Wildman–Crippen MR) is 108 cm³/mol. The quantitative estimate of drug-likeness (QED) is 0.396. The highest BCUT2D eigenvalue weighted by molar-refractivity contribution is 7.89. The largest absolute Gasteiger partial charge is 0.411 e. The second-order valence-electron chi connectivity index (χ2n) is 7.76. The molecule has 0 amide bonds. The molecular weight excluding hydrogens is 374 g/mol. The Hall–Kier alpha value is -0.663. The lowest BCUT2D eigenvalue weighted by Gasteiger charge is -2.40. The number of hydrogen-bond donors (Lipinski definition) is 1. The molecule has 1 aromatic rings. The summed E-state index contributed by atoms with van der Waals surface area (Å²) < 4.78 is 33.9. The van der Waals surface area contributed by atoms with E-state index in [-0.39, 0.29) is 16.5 Å². The van der Waals surface area contributed by atoms with E-state index >= 15 is 0 Å². The maximum Gasteiger partial charge on any atom is 0.240 e. The van der Waals surface area contributed by atoms with E-state index in [1.165, 1.54) is 0 Å². The van der Waals surface area contributed by atoms with Crippen molar-refractivity contribution in [2.24, 2.45) is 0 Å².